The van der Waals surface area contributed by atoms with Crippen molar-refractivity contribution in [1.29, 1.82) is 0 Å². The highest BCUT2D eigenvalue weighted by molar-refractivity contribution is 5.84. The Labute approximate surface area is 220 Å². The van der Waals surface area contributed by atoms with Crippen molar-refractivity contribution in [2.24, 2.45) is 7.05 Å². The summed E-state index contributed by atoms with van der Waals surface area (Å²) in [6, 6.07) is 10.3. The molecule has 1 fully saturated rings. The quantitative estimate of drug-likeness (QED) is 0.257. The number of ether oxygens (including phenoxy) is 2. The Bertz CT molecular complexity index is 1500. The van der Waals surface area contributed by atoms with Crippen molar-refractivity contribution in [2.45, 2.75) is 25.1 Å². The summed E-state index contributed by atoms with van der Waals surface area (Å²) < 4.78 is 66.4. The van der Waals surface area contributed by atoms with Gasteiger partial charge in [-0.2, -0.15) is 13.2 Å². The number of halogens is 4. The van der Waals surface area contributed by atoms with Crippen molar-refractivity contribution in [3.05, 3.63) is 66.1 Å². The molecule has 0 aliphatic carbocycles. The molecule has 9 nitrogen and oxygen atoms in total. The molecule has 0 unspecified atom stereocenters. The molecule has 0 radical (unpaired) electrons. The summed E-state index contributed by atoms with van der Waals surface area (Å²) >= 11 is 0. The minimum Gasteiger partial charge on any atom is -0.457 e. The minimum absolute atomic E-state index is 0.142. The maximum atomic E-state index is 14.2. The number of pyridine rings is 1. The van der Waals surface area contributed by atoms with Crippen LogP contribution in [0.5, 0.6) is 11.5 Å². The molecule has 0 atom stereocenters. The molecular formula is C26H24F4N6O3. The van der Waals surface area contributed by atoms with Crippen LogP contribution in [0.25, 0.3) is 11.0 Å². The van der Waals surface area contributed by atoms with Gasteiger partial charge in [0.15, 0.2) is 0 Å². The molecule has 0 bridgehead atoms. The monoisotopic (exact) mass is 544 g/mol. The van der Waals surface area contributed by atoms with Crippen LogP contribution in [0.3, 0.4) is 0 Å². The van der Waals surface area contributed by atoms with E-state index < -0.39 is 23.7 Å². The zero-order chi connectivity index (χ0) is 27.6. The van der Waals surface area contributed by atoms with Gasteiger partial charge in [-0.25, -0.2) is 19.2 Å². The largest absolute Gasteiger partial charge is 0.457 e. The number of imidazole rings is 1. The smallest absolute Gasteiger partial charge is 0.416 e. The summed E-state index contributed by atoms with van der Waals surface area (Å²) in [5.74, 6) is 0.345. The van der Waals surface area contributed by atoms with Gasteiger partial charge in [-0.15, -0.1) is 0 Å². The van der Waals surface area contributed by atoms with Crippen molar-refractivity contribution >= 4 is 34.6 Å². The molecule has 1 amide bonds. The Balaban J connectivity index is 1.29. The van der Waals surface area contributed by atoms with Crippen LogP contribution in [0.15, 0.2) is 54.7 Å². The van der Waals surface area contributed by atoms with E-state index in [1.165, 1.54) is 12.3 Å². The van der Waals surface area contributed by atoms with Gasteiger partial charge in [0.1, 0.15) is 29.2 Å². The Hall–Kier alpha value is -4.39. The highest BCUT2D eigenvalue weighted by atomic mass is 19.4. The number of anilines is 3. The van der Waals surface area contributed by atoms with Crippen LogP contribution in [0.4, 0.5) is 39.8 Å². The number of aryl methyl sites for hydroxylation is 1. The van der Waals surface area contributed by atoms with Crippen LogP contribution in [-0.2, 0) is 18.0 Å². The lowest BCUT2D eigenvalue weighted by atomic mass is 10.1. The fourth-order valence-corrected chi connectivity index (χ4v) is 4.15. The highest BCUT2D eigenvalue weighted by Crippen LogP contribution is 2.34. The fraction of sp³-hybridized carbons (Fsp3) is 0.269. The summed E-state index contributed by atoms with van der Waals surface area (Å²) in [6.07, 6.45) is -2.41. The van der Waals surface area contributed by atoms with Crippen molar-refractivity contribution in [3.63, 3.8) is 0 Å². The predicted octanol–water partition coefficient (Wildman–Crippen LogP) is 5.96. The Morgan fingerprint density at radius 2 is 1.85 bits per heavy atom. The second-order valence-corrected chi connectivity index (χ2v) is 8.92. The number of fused-ring (bicyclic) bond motifs is 1. The number of nitrogens with one attached hydrogen (secondary N) is 3. The van der Waals surface area contributed by atoms with Gasteiger partial charge >= 0.3 is 12.3 Å². The third-order valence-electron chi connectivity index (χ3n) is 6.15. The molecule has 2 aromatic carbocycles. The summed E-state index contributed by atoms with van der Waals surface area (Å²) in [7, 11) is 1.65. The molecule has 3 N–H and O–H groups in total. The molecule has 1 aliphatic rings. The summed E-state index contributed by atoms with van der Waals surface area (Å²) in [5, 5.41) is 8.44. The second-order valence-electron chi connectivity index (χ2n) is 8.92. The molecule has 1 saturated heterocycles. The second kappa shape index (κ2) is 10.8. The topological polar surface area (TPSA) is 102 Å². The van der Waals surface area contributed by atoms with Crippen LogP contribution < -0.4 is 20.7 Å². The molecule has 204 valence electrons. The molecule has 0 saturated carbocycles. The molecule has 39 heavy (non-hydrogen) atoms. The number of hydrogen-bond acceptors (Lipinski definition) is 7. The maximum Gasteiger partial charge on any atom is 0.416 e. The van der Waals surface area contributed by atoms with E-state index >= 15 is 0 Å². The number of rotatable bonds is 6. The Morgan fingerprint density at radius 1 is 1.08 bits per heavy atom. The number of piperidine rings is 1. The van der Waals surface area contributed by atoms with E-state index in [1.54, 1.807) is 35.9 Å². The van der Waals surface area contributed by atoms with Crippen molar-refractivity contribution in [2.75, 3.05) is 23.7 Å². The number of carbonyl (C=O) groups excluding carboxylic acids is 1. The molecule has 0 spiro atoms. The number of alkyl halides is 3. The first-order chi connectivity index (χ1) is 18.7. The van der Waals surface area contributed by atoms with E-state index in [0.29, 0.717) is 34.7 Å². The third-order valence-corrected chi connectivity index (χ3v) is 6.15. The minimum atomic E-state index is -4.61. The first-order valence-electron chi connectivity index (χ1n) is 12.1. The summed E-state index contributed by atoms with van der Waals surface area (Å²) in [6.45, 7) is 1.58. The van der Waals surface area contributed by atoms with E-state index in [4.69, 9.17) is 9.47 Å². The molecule has 3 heterocycles. The number of aromatic nitrogens is 3. The summed E-state index contributed by atoms with van der Waals surface area (Å²) in [5.41, 5.74) is -0.236. The average Bonchev–Trinajstić information content (AvgIpc) is 3.19. The number of hydrogen-bond donors (Lipinski definition) is 3. The normalized spacial score (nSPS) is 14.3. The molecule has 2 aromatic heterocycles. The SMILES string of the molecule is Cn1c(Nc2cc(C(F)(F)F)ccc2F)nc2cc(Oc3ccnc(NC(=O)OC4CCNCC4)c3)ccc21. The maximum absolute atomic E-state index is 14.2. The standard InChI is InChI=1S/C26H24F4N6O3/c1-36-22-5-3-17(13-21(22)34-24(36)33-20-12-15(26(28,29)30)2-4-19(20)27)38-18-8-11-32-23(14-18)35-25(37)39-16-6-9-31-10-7-16/h2-5,8,11-14,16,31H,6-7,9-10H2,1H3,(H,33,34)(H,32,35,37). The van der Waals surface area contributed by atoms with Crippen LogP contribution in [0, 0.1) is 5.82 Å². The van der Waals surface area contributed by atoms with Crippen molar-refractivity contribution < 1.29 is 31.8 Å². The van der Waals surface area contributed by atoms with Crippen LogP contribution in [0.1, 0.15) is 18.4 Å². The van der Waals surface area contributed by atoms with Gasteiger partial charge in [-0.3, -0.25) is 5.32 Å². The van der Waals surface area contributed by atoms with E-state index in [0.717, 1.165) is 32.0 Å². The zero-order valence-electron chi connectivity index (χ0n) is 20.7. The number of amides is 1. The molecular weight excluding hydrogens is 520 g/mol. The molecule has 1 aliphatic heterocycles. The lowest BCUT2D eigenvalue weighted by molar-refractivity contribution is -0.137. The van der Waals surface area contributed by atoms with Crippen molar-refractivity contribution in [3.8, 4) is 11.5 Å². The molecule has 4 aromatic rings. The number of nitrogens with zero attached hydrogens (tertiary/aromatic N) is 3. The molecule has 13 heteroatoms. The van der Waals surface area contributed by atoms with Crippen LogP contribution in [0.2, 0.25) is 0 Å². The fourth-order valence-electron chi connectivity index (χ4n) is 4.15. The van der Waals surface area contributed by atoms with Gasteiger partial charge in [0.2, 0.25) is 5.95 Å². The van der Waals surface area contributed by atoms with Crippen LogP contribution in [-0.4, -0.2) is 39.8 Å². The van der Waals surface area contributed by atoms with E-state index in [1.807, 2.05) is 0 Å². The van der Waals surface area contributed by atoms with E-state index in [-0.39, 0.29) is 23.6 Å². The third kappa shape index (κ3) is 6.20. The lowest BCUT2D eigenvalue weighted by Gasteiger charge is -2.22. The molecule has 5 rings (SSSR count). The number of benzene rings is 2. The van der Waals surface area contributed by atoms with Crippen molar-refractivity contribution in [1.82, 2.24) is 19.9 Å². The highest BCUT2D eigenvalue weighted by Gasteiger charge is 2.31. The predicted molar refractivity (Wildman–Crippen MR) is 136 cm³/mol. The Morgan fingerprint density at radius 3 is 2.62 bits per heavy atom. The number of carbonyl (C=O) groups is 1. The van der Waals surface area contributed by atoms with Crippen LogP contribution >= 0.6 is 0 Å². The first kappa shape index (κ1) is 26.2. The van der Waals surface area contributed by atoms with E-state index in [2.05, 4.69) is 25.9 Å². The van der Waals surface area contributed by atoms with Gasteiger partial charge < -0.3 is 24.7 Å². The Kier molecular flexibility index (Phi) is 7.24. The first-order valence-corrected chi connectivity index (χ1v) is 12.1. The van der Waals surface area contributed by atoms with Gasteiger partial charge in [-0.05, 0) is 62.3 Å². The average molecular weight is 545 g/mol. The van der Waals surface area contributed by atoms with Gasteiger partial charge in [-0.1, -0.05) is 0 Å². The van der Waals surface area contributed by atoms with E-state index in [9.17, 15) is 22.4 Å². The lowest BCUT2D eigenvalue weighted by Crippen LogP contribution is -2.34. The zero-order valence-corrected chi connectivity index (χ0v) is 20.7. The van der Waals surface area contributed by atoms with Gasteiger partial charge in [0.25, 0.3) is 0 Å². The van der Waals surface area contributed by atoms with Gasteiger partial charge in [0, 0.05) is 25.4 Å². The van der Waals surface area contributed by atoms with Gasteiger partial charge in [0.05, 0.1) is 22.3 Å². The summed E-state index contributed by atoms with van der Waals surface area (Å²) in [4.78, 5) is 20.7.